The Labute approximate surface area is 415 Å². The molecule has 0 aliphatic carbocycles. The van der Waals surface area contributed by atoms with Gasteiger partial charge in [0.05, 0.1) is 84.6 Å². The number of nitrogens with zero attached hydrogens (tertiary/aromatic N) is 3. The number of carbonyl (C=O) groups excluding carboxylic acids is 2. The molecule has 2 amide bonds. The molecule has 1 atom stereocenters. The number of aromatic amines is 2. The maximum absolute atomic E-state index is 13.2. The van der Waals surface area contributed by atoms with Gasteiger partial charge in [0.25, 0.3) is 0 Å². The van der Waals surface area contributed by atoms with Gasteiger partial charge in [-0.1, -0.05) is 54.6 Å². The number of aliphatic hydroxyl groups excluding tert-OH is 1. The third-order valence-electron chi connectivity index (χ3n) is 11.1. The van der Waals surface area contributed by atoms with E-state index in [2.05, 4.69) is 25.6 Å². The molecule has 0 aliphatic heterocycles. The summed E-state index contributed by atoms with van der Waals surface area (Å²) < 4.78 is 26.8. The highest BCUT2D eigenvalue weighted by molar-refractivity contribution is 7.73. The van der Waals surface area contributed by atoms with E-state index in [1.807, 2.05) is 159 Å². The first kappa shape index (κ1) is 47.2. The number of nitrogens with one attached hydrogen (secondary N) is 5. The summed E-state index contributed by atoms with van der Waals surface area (Å²) in [5.41, 5.74) is 9.00. The van der Waals surface area contributed by atoms with Crippen molar-refractivity contribution in [2.24, 2.45) is 0 Å². The normalized spacial score (nSPS) is 12.2. The predicted octanol–water partition coefficient (Wildman–Crippen LogP) is 9.96. The summed E-state index contributed by atoms with van der Waals surface area (Å²) in [6, 6.07) is 46.4. The lowest BCUT2D eigenvalue weighted by molar-refractivity contribution is -0.367. The van der Waals surface area contributed by atoms with Gasteiger partial charge in [0.15, 0.2) is 13.5 Å². The number of amides is 2. The van der Waals surface area contributed by atoms with Crippen molar-refractivity contribution in [1.82, 2.24) is 23.7 Å². The number of carbonyl (C=O) groups is 2. The molecule has 0 aliphatic rings. The van der Waals surface area contributed by atoms with Crippen LogP contribution in [0.15, 0.2) is 146 Å². The fraction of sp³-hybridized carbons (Fsp3) is 0.176. The van der Waals surface area contributed by atoms with Crippen LogP contribution in [0.2, 0.25) is 0 Å². The van der Waals surface area contributed by atoms with Crippen molar-refractivity contribution in [1.29, 1.82) is 0 Å². The van der Waals surface area contributed by atoms with E-state index < -0.39 is 6.10 Å². The SMILES string of the molecule is O=C(CCOCC(COCCC(O)=[NH+]c1ccc2sc(=S)n(-c3ccccc3)c2c1)OCCC(=O)Nc1ccc2[nH]c(=S)n(-c3ccccc3)c2c1)Nc1ccc2[nH]c(=S)n(-c3ccccc3)c2c1. The van der Waals surface area contributed by atoms with E-state index in [1.165, 1.54) is 11.3 Å². The molecule has 0 bridgehead atoms. The van der Waals surface area contributed by atoms with Gasteiger partial charge in [-0.2, -0.15) is 4.99 Å². The zero-order valence-electron chi connectivity index (χ0n) is 37.1. The summed E-state index contributed by atoms with van der Waals surface area (Å²) in [6.07, 6.45) is -0.248. The number of hydrogen-bond donors (Lipinski definition) is 6. The van der Waals surface area contributed by atoms with Crippen molar-refractivity contribution in [2.45, 2.75) is 25.4 Å². The number of benzene rings is 6. The molecule has 18 heteroatoms. The van der Waals surface area contributed by atoms with Crippen molar-refractivity contribution >= 4 is 115 Å². The Bertz CT molecular complexity index is 3470. The number of ether oxygens (including phenoxy) is 3. The second-order valence-corrected chi connectivity index (χ2v) is 18.4. The molecule has 9 rings (SSSR count). The second-order valence-electron chi connectivity index (χ2n) is 15.9. The lowest BCUT2D eigenvalue weighted by Gasteiger charge is -2.18. The molecule has 350 valence electrons. The number of H-pyrrole nitrogens is 2. The number of hydrogen-bond acceptors (Lipinski definition) is 9. The fourth-order valence-corrected chi connectivity index (χ4v) is 9.82. The van der Waals surface area contributed by atoms with Crippen LogP contribution in [-0.2, 0) is 23.8 Å². The van der Waals surface area contributed by atoms with Crippen molar-refractivity contribution in [3.63, 3.8) is 0 Å². The molecule has 6 aromatic carbocycles. The molecular formula is C51H47N8O6S4+. The lowest BCUT2D eigenvalue weighted by atomic mass is 10.2. The van der Waals surface area contributed by atoms with Gasteiger partial charge in [-0.15, -0.1) is 11.3 Å². The first-order valence-corrected chi connectivity index (χ1v) is 24.2. The van der Waals surface area contributed by atoms with Crippen LogP contribution in [0.1, 0.15) is 19.3 Å². The first-order valence-electron chi connectivity index (χ1n) is 22.2. The smallest absolute Gasteiger partial charge is 0.340 e. The van der Waals surface area contributed by atoms with E-state index in [0.29, 0.717) is 26.6 Å². The molecule has 1 unspecified atom stereocenters. The van der Waals surface area contributed by atoms with Crippen LogP contribution in [0.3, 0.4) is 0 Å². The average Bonchev–Trinajstić information content (AvgIpc) is 3.99. The number of aromatic nitrogens is 5. The highest BCUT2D eigenvalue weighted by atomic mass is 32.1. The Hall–Kier alpha value is -6.90. The van der Waals surface area contributed by atoms with Crippen LogP contribution in [-0.4, -0.2) is 85.6 Å². The molecular weight excluding hydrogens is 949 g/mol. The molecule has 6 N–H and O–H groups in total. The van der Waals surface area contributed by atoms with E-state index in [1.54, 1.807) is 0 Å². The predicted molar refractivity (Wildman–Crippen MR) is 280 cm³/mol. The third kappa shape index (κ3) is 11.5. The number of aliphatic hydroxyl groups is 1. The zero-order chi connectivity index (χ0) is 47.7. The molecule has 0 saturated carbocycles. The molecule has 0 radical (unpaired) electrons. The van der Waals surface area contributed by atoms with Crippen LogP contribution in [0.5, 0.6) is 0 Å². The van der Waals surface area contributed by atoms with Gasteiger partial charge in [-0.3, -0.25) is 23.3 Å². The maximum Gasteiger partial charge on any atom is 0.340 e. The van der Waals surface area contributed by atoms with E-state index in [4.69, 9.17) is 50.9 Å². The summed E-state index contributed by atoms with van der Waals surface area (Å²) in [5, 5.41) is 16.8. The monoisotopic (exact) mass is 995 g/mol. The number of anilines is 2. The number of thiazole rings is 1. The molecule has 0 saturated heterocycles. The minimum atomic E-state index is -0.582. The second kappa shape index (κ2) is 22.0. The minimum absolute atomic E-state index is 0.0250. The lowest BCUT2D eigenvalue weighted by Crippen LogP contribution is -2.66. The highest BCUT2D eigenvalue weighted by Gasteiger charge is 2.17. The largest absolute Gasteiger partial charge is 0.463 e. The minimum Gasteiger partial charge on any atom is -0.463 e. The van der Waals surface area contributed by atoms with Gasteiger partial charge < -0.3 is 39.9 Å². The standard InChI is InChI=1S/C51H46N8O6S4/c60-46(52-33-16-19-40-42(28-33)57(49(66)55-40)36-10-4-1-5-11-36)22-25-63-31-39(65-27-24-48(62)53-34-17-20-41-43(29-34)58(50(67)56-41)37-12-6-2-7-13-37)32-64-26-23-47(61)54-35-18-21-45-44(30-35)59(51(68)69-45)38-14-8-3-9-15-38/h1-21,28-30,39H,22-27,31-32H2,(H,52,60)(H,53,62)(H,54,61)(H,55,66)(H,56,67)/p+1. The van der Waals surface area contributed by atoms with Crippen LogP contribution in [0, 0.1) is 13.5 Å². The molecule has 3 heterocycles. The molecule has 0 spiro atoms. The summed E-state index contributed by atoms with van der Waals surface area (Å²) in [4.78, 5) is 35.8. The summed E-state index contributed by atoms with van der Waals surface area (Å²) in [7, 11) is 0. The first-order chi connectivity index (χ1) is 33.7. The molecule has 14 nitrogen and oxygen atoms in total. The van der Waals surface area contributed by atoms with Crippen molar-refractivity contribution in [3.8, 4) is 17.1 Å². The Kier molecular flexibility index (Phi) is 15.1. The van der Waals surface area contributed by atoms with E-state index >= 15 is 0 Å². The highest BCUT2D eigenvalue weighted by Crippen LogP contribution is 2.29. The maximum atomic E-state index is 13.2. The van der Waals surface area contributed by atoms with Gasteiger partial charge in [0.1, 0.15) is 6.10 Å². The zero-order valence-corrected chi connectivity index (χ0v) is 40.3. The van der Waals surface area contributed by atoms with Crippen molar-refractivity contribution in [3.05, 3.63) is 159 Å². The molecule has 3 aromatic heterocycles. The Morgan fingerprint density at radius 3 is 1.62 bits per heavy atom. The van der Waals surface area contributed by atoms with Crippen LogP contribution < -0.4 is 15.6 Å². The van der Waals surface area contributed by atoms with E-state index in [0.717, 1.165) is 53.3 Å². The fourth-order valence-electron chi connectivity index (χ4n) is 7.85. The third-order valence-corrected chi connectivity index (χ3v) is 13.0. The number of rotatable bonds is 20. The van der Waals surface area contributed by atoms with Gasteiger partial charge in [-0.05, 0) is 116 Å². The van der Waals surface area contributed by atoms with Gasteiger partial charge in [0, 0.05) is 40.6 Å². The molecule has 9 aromatic rings. The number of fused-ring (bicyclic) bond motifs is 3. The van der Waals surface area contributed by atoms with E-state index in [-0.39, 0.29) is 70.0 Å². The quantitative estimate of drug-likeness (QED) is 0.0189. The van der Waals surface area contributed by atoms with E-state index in [9.17, 15) is 14.7 Å². The Morgan fingerprint density at radius 2 is 1.09 bits per heavy atom. The topological polar surface area (TPSA) is 166 Å². The average molecular weight is 996 g/mol. The van der Waals surface area contributed by atoms with Gasteiger partial charge >= 0.3 is 5.90 Å². The van der Waals surface area contributed by atoms with Crippen LogP contribution >= 0.6 is 48.0 Å². The van der Waals surface area contributed by atoms with Crippen LogP contribution in [0.25, 0.3) is 49.3 Å². The summed E-state index contributed by atoms with van der Waals surface area (Å²) >= 11 is 18.4. The van der Waals surface area contributed by atoms with Crippen molar-refractivity contribution < 1.29 is 33.9 Å². The summed E-state index contributed by atoms with van der Waals surface area (Å²) in [6.45, 7) is 0.557. The Balaban J connectivity index is 0.804. The van der Waals surface area contributed by atoms with Gasteiger partial charge in [-0.25, -0.2) is 0 Å². The van der Waals surface area contributed by atoms with Crippen molar-refractivity contribution in [2.75, 3.05) is 43.7 Å². The van der Waals surface area contributed by atoms with Gasteiger partial charge in [0.2, 0.25) is 17.5 Å². The molecule has 69 heavy (non-hydrogen) atoms. The number of imidazole rings is 2. The summed E-state index contributed by atoms with van der Waals surface area (Å²) in [5.74, 6) is -0.447. The molecule has 0 fully saturated rings. The van der Waals surface area contributed by atoms with Crippen LogP contribution in [0.4, 0.5) is 17.1 Å². The Morgan fingerprint density at radius 1 is 0.594 bits per heavy atom. The number of para-hydroxylation sites is 3.